The van der Waals surface area contributed by atoms with Crippen LogP contribution in [0.5, 0.6) is 11.5 Å². The van der Waals surface area contributed by atoms with Crippen LogP contribution in [0.25, 0.3) is 0 Å². The van der Waals surface area contributed by atoms with Crippen LogP contribution in [0.1, 0.15) is 49.3 Å². The number of ether oxygens (including phenoxy) is 3. The number of aryl methyl sites for hydroxylation is 1. The van der Waals surface area contributed by atoms with Crippen molar-refractivity contribution < 1.29 is 19.0 Å². The summed E-state index contributed by atoms with van der Waals surface area (Å²) in [6, 6.07) is 15.7. The number of Topliss-reactive ketones (excluding diaryl/α,β-unsaturated/α-hetero) is 1. The Morgan fingerprint density at radius 3 is 2.55 bits per heavy atom. The molecule has 0 saturated heterocycles. The molecule has 1 aliphatic heterocycles. The second-order valence-electron chi connectivity index (χ2n) is 9.39. The standard InChI is InChI=1S/C27H28N2O4/c1-16-5-7-17(8-6-16)15-32-21-10-9-18(11-22(21)31-4)24-19(14-28)26(29)33-23-13-27(2,3)12-20(30)25(23)24/h5-11,24H,12-13,15,29H2,1-4H3/t24-/m1/s1. The van der Waals surface area contributed by atoms with Gasteiger partial charge in [0.2, 0.25) is 5.88 Å². The Labute approximate surface area is 194 Å². The van der Waals surface area contributed by atoms with E-state index in [0.29, 0.717) is 42.3 Å². The number of nitrogens with zero attached hydrogens (tertiary/aromatic N) is 1. The Kier molecular flexibility index (Phi) is 5.90. The Bertz CT molecular complexity index is 1200. The summed E-state index contributed by atoms with van der Waals surface area (Å²) in [5.74, 6) is 1.08. The van der Waals surface area contributed by atoms with Gasteiger partial charge in [0.05, 0.1) is 13.0 Å². The SMILES string of the molecule is COc1cc([C@@H]2C(C#N)=C(N)OC3=C2C(=O)CC(C)(C)C3)ccc1OCc1ccc(C)cc1. The van der Waals surface area contributed by atoms with Crippen molar-refractivity contribution in [1.82, 2.24) is 0 Å². The van der Waals surface area contributed by atoms with E-state index in [9.17, 15) is 10.1 Å². The molecule has 0 aromatic heterocycles. The van der Waals surface area contributed by atoms with Gasteiger partial charge in [-0.25, -0.2) is 0 Å². The van der Waals surface area contributed by atoms with Gasteiger partial charge in [-0.3, -0.25) is 4.79 Å². The average molecular weight is 445 g/mol. The van der Waals surface area contributed by atoms with Crippen molar-refractivity contribution in [2.24, 2.45) is 11.1 Å². The molecule has 0 radical (unpaired) electrons. The van der Waals surface area contributed by atoms with Gasteiger partial charge in [0.15, 0.2) is 17.3 Å². The molecule has 6 nitrogen and oxygen atoms in total. The highest BCUT2D eigenvalue weighted by Crippen LogP contribution is 2.48. The van der Waals surface area contributed by atoms with E-state index in [1.807, 2.05) is 57.2 Å². The lowest BCUT2D eigenvalue weighted by Crippen LogP contribution is -2.33. The van der Waals surface area contributed by atoms with Crippen LogP contribution >= 0.6 is 0 Å². The molecule has 0 spiro atoms. The maximum absolute atomic E-state index is 13.1. The van der Waals surface area contributed by atoms with E-state index in [1.54, 1.807) is 13.2 Å². The average Bonchev–Trinajstić information content (AvgIpc) is 2.77. The quantitative estimate of drug-likeness (QED) is 0.695. The summed E-state index contributed by atoms with van der Waals surface area (Å²) < 4.78 is 17.3. The van der Waals surface area contributed by atoms with Gasteiger partial charge in [0.25, 0.3) is 0 Å². The molecule has 0 amide bonds. The second-order valence-corrected chi connectivity index (χ2v) is 9.39. The molecule has 1 heterocycles. The molecule has 0 saturated carbocycles. The third kappa shape index (κ3) is 4.45. The minimum Gasteiger partial charge on any atom is -0.493 e. The molecule has 2 aromatic rings. The van der Waals surface area contributed by atoms with Crippen LogP contribution in [0, 0.1) is 23.7 Å². The number of rotatable bonds is 5. The van der Waals surface area contributed by atoms with Gasteiger partial charge in [-0.2, -0.15) is 5.26 Å². The predicted octanol–water partition coefficient (Wildman–Crippen LogP) is 5.03. The van der Waals surface area contributed by atoms with Gasteiger partial charge in [0, 0.05) is 18.4 Å². The van der Waals surface area contributed by atoms with Crippen molar-refractivity contribution >= 4 is 5.78 Å². The highest BCUT2D eigenvalue weighted by molar-refractivity contribution is 6.00. The van der Waals surface area contributed by atoms with Crippen molar-refractivity contribution in [2.75, 3.05) is 7.11 Å². The number of benzene rings is 2. The summed E-state index contributed by atoms with van der Waals surface area (Å²) in [5.41, 5.74) is 9.60. The van der Waals surface area contributed by atoms with E-state index < -0.39 is 5.92 Å². The summed E-state index contributed by atoms with van der Waals surface area (Å²) in [5, 5.41) is 9.83. The summed E-state index contributed by atoms with van der Waals surface area (Å²) >= 11 is 0. The molecule has 6 heteroatoms. The number of hydrogen-bond acceptors (Lipinski definition) is 6. The largest absolute Gasteiger partial charge is 0.493 e. The van der Waals surface area contributed by atoms with Crippen molar-refractivity contribution in [3.63, 3.8) is 0 Å². The van der Waals surface area contributed by atoms with E-state index in [0.717, 1.165) is 11.1 Å². The fourth-order valence-corrected chi connectivity index (χ4v) is 4.45. The second kappa shape index (κ2) is 8.67. The topological polar surface area (TPSA) is 94.6 Å². The van der Waals surface area contributed by atoms with Gasteiger partial charge in [0.1, 0.15) is 24.0 Å². The molecule has 33 heavy (non-hydrogen) atoms. The monoisotopic (exact) mass is 444 g/mol. The summed E-state index contributed by atoms with van der Waals surface area (Å²) in [4.78, 5) is 13.1. The zero-order valence-electron chi connectivity index (χ0n) is 19.4. The minimum atomic E-state index is -0.595. The lowest BCUT2D eigenvalue weighted by molar-refractivity contribution is -0.119. The van der Waals surface area contributed by atoms with E-state index in [-0.39, 0.29) is 22.7 Å². The van der Waals surface area contributed by atoms with E-state index in [2.05, 4.69) is 6.07 Å². The van der Waals surface area contributed by atoms with Gasteiger partial charge in [-0.1, -0.05) is 49.7 Å². The van der Waals surface area contributed by atoms with Gasteiger partial charge >= 0.3 is 0 Å². The zero-order valence-corrected chi connectivity index (χ0v) is 19.4. The Balaban J connectivity index is 1.69. The normalized spacial score (nSPS) is 19.5. The predicted molar refractivity (Wildman–Crippen MR) is 124 cm³/mol. The molecule has 0 unspecified atom stereocenters. The molecule has 2 aliphatic rings. The summed E-state index contributed by atoms with van der Waals surface area (Å²) in [6.45, 7) is 6.48. The first kappa shape index (κ1) is 22.5. The van der Waals surface area contributed by atoms with Gasteiger partial charge in [-0.05, 0) is 35.6 Å². The van der Waals surface area contributed by atoms with Crippen molar-refractivity contribution in [2.45, 2.75) is 46.1 Å². The smallest absolute Gasteiger partial charge is 0.205 e. The first-order valence-electron chi connectivity index (χ1n) is 10.9. The maximum atomic E-state index is 13.1. The number of allylic oxidation sites excluding steroid dienone is 3. The van der Waals surface area contributed by atoms with Gasteiger partial charge < -0.3 is 19.9 Å². The molecular formula is C27H28N2O4. The molecular weight excluding hydrogens is 416 g/mol. The third-order valence-corrected chi connectivity index (χ3v) is 6.11. The lowest BCUT2D eigenvalue weighted by Gasteiger charge is -2.37. The summed E-state index contributed by atoms with van der Waals surface area (Å²) in [6.07, 6.45) is 0.970. The lowest BCUT2D eigenvalue weighted by atomic mass is 9.70. The molecule has 0 bridgehead atoms. The first-order chi connectivity index (χ1) is 15.7. The van der Waals surface area contributed by atoms with Crippen LogP contribution in [0.15, 0.2) is 65.3 Å². The molecule has 2 N–H and O–H groups in total. The Morgan fingerprint density at radius 2 is 1.88 bits per heavy atom. The zero-order chi connectivity index (χ0) is 23.8. The first-order valence-corrected chi connectivity index (χ1v) is 10.9. The molecule has 170 valence electrons. The molecule has 2 aromatic carbocycles. The minimum absolute atomic E-state index is 0.0230. The molecule has 1 atom stereocenters. The number of carbonyl (C=O) groups excluding carboxylic acids is 1. The number of ketones is 1. The number of methoxy groups -OCH3 is 1. The van der Waals surface area contributed by atoms with Gasteiger partial charge in [-0.15, -0.1) is 0 Å². The van der Waals surface area contributed by atoms with E-state index in [4.69, 9.17) is 19.9 Å². The van der Waals surface area contributed by atoms with E-state index >= 15 is 0 Å². The number of nitrogens with two attached hydrogens (primary N) is 1. The van der Waals surface area contributed by atoms with Crippen LogP contribution in [0.4, 0.5) is 0 Å². The Hall–Kier alpha value is -3.72. The van der Waals surface area contributed by atoms with E-state index in [1.165, 1.54) is 5.56 Å². The number of hydrogen-bond donors (Lipinski definition) is 1. The number of carbonyl (C=O) groups is 1. The van der Waals surface area contributed by atoms with Crippen LogP contribution in [-0.2, 0) is 16.1 Å². The summed E-state index contributed by atoms with van der Waals surface area (Å²) in [7, 11) is 1.57. The third-order valence-electron chi connectivity index (χ3n) is 6.11. The molecule has 4 rings (SSSR count). The van der Waals surface area contributed by atoms with Crippen molar-refractivity contribution in [1.29, 1.82) is 5.26 Å². The Morgan fingerprint density at radius 1 is 1.15 bits per heavy atom. The maximum Gasteiger partial charge on any atom is 0.205 e. The van der Waals surface area contributed by atoms with Crippen molar-refractivity contribution in [3.05, 3.63) is 81.9 Å². The van der Waals surface area contributed by atoms with Crippen molar-refractivity contribution in [3.8, 4) is 17.6 Å². The van der Waals surface area contributed by atoms with Crippen LogP contribution in [-0.4, -0.2) is 12.9 Å². The van der Waals surface area contributed by atoms with Crippen LogP contribution in [0.2, 0.25) is 0 Å². The molecule has 0 fully saturated rings. The highest BCUT2D eigenvalue weighted by Gasteiger charge is 2.43. The van der Waals surface area contributed by atoms with Crippen LogP contribution < -0.4 is 15.2 Å². The molecule has 1 aliphatic carbocycles. The highest BCUT2D eigenvalue weighted by atomic mass is 16.5. The van der Waals surface area contributed by atoms with Crippen LogP contribution in [0.3, 0.4) is 0 Å². The number of nitriles is 1. The fourth-order valence-electron chi connectivity index (χ4n) is 4.45. The fraction of sp³-hybridized carbons (Fsp3) is 0.333.